The highest BCUT2D eigenvalue weighted by molar-refractivity contribution is 6.03. The number of nitrogens with one attached hydrogen (secondary N) is 1. The van der Waals surface area contributed by atoms with Crippen molar-refractivity contribution in [2.24, 2.45) is 0 Å². The lowest BCUT2D eigenvalue weighted by atomic mass is 10.1. The highest BCUT2D eigenvalue weighted by Crippen LogP contribution is 2.27. The van der Waals surface area contributed by atoms with Gasteiger partial charge >= 0.3 is 5.97 Å². The number of fused-ring (bicyclic) bond motifs is 4. The minimum Gasteiger partial charge on any atom is -0.464 e. The summed E-state index contributed by atoms with van der Waals surface area (Å²) in [4.78, 5) is 32.7. The molecule has 1 aliphatic rings. The third-order valence-electron chi connectivity index (χ3n) is 8.14. The standard InChI is InChI=1S/C19H18FN3O3.C18H14FN3O2/c1-26-19(24)18-16(3-2-9-22-25)15-8-10-23(17(15)11-21-18)12-13-4-6-14(20)7-5-13;19-13-5-3-12(4-6-13)11-21-9-7-14-15-2-1-8-22(24)18(23)17(15)20-10-16(14)21/h2-8,10-11,22,25H,9,12H2,1H3;1-7,9-10,24H,8,11H2/b3-2-;. The van der Waals surface area contributed by atoms with Gasteiger partial charge in [0.25, 0.3) is 5.91 Å². The van der Waals surface area contributed by atoms with Crippen molar-refractivity contribution in [3.8, 4) is 0 Å². The van der Waals surface area contributed by atoms with E-state index in [0.717, 1.165) is 32.9 Å². The molecule has 50 heavy (non-hydrogen) atoms. The van der Waals surface area contributed by atoms with E-state index in [1.54, 1.807) is 61.0 Å². The van der Waals surface area contributed by atoms with Crippen molar-refractivity contribution < 1.29 is 33.5 Å². The lowest BCUT2D eigenvalue weighted by Gasteiger charge is -2.11. The van der Waals surface area contributed by atoms with Gasteiger partial charge in [-0.25, -0.2) is 34.1 Å². The maximum Gasteiger partial charge on any atom is 0.357 e. The summed E-state index contributed by atoms with van der Waals surface area (Å²) in [5.41, 5.74) is 7.41. The molecule has 0 saturated carbocycles. The van der Waals surface area contributed by atoms with E-state index in [-0.39, 0.29) is 36.1 Å². The Morgan fingerprint density at radius 2 is 1.48 bits per heavy atom. The van der Waals surface area contributed by atoms with Crippen LogP contribution >= 0.6 is 0 Å². The minimum absolute atomic E-state index is 0.132. The van der Waals surface area contributed by atoms with Gasteiger partial charge in [-0.2, -0.15) is 0 Å². The van der Waals surface area contributed by atoms with Gasteiger partial charge in [-0.3, -0.25) is 10.0 Å². The zero-order chi connectivity index (χ0) is 35.2. The molecule has 7 rings (SSSR count). The summed E-state index contributed by atoms with van der Waals surface area (Å²) in [7, 11) is 1.30. The molecular weight excluding hydrogens is 646 g/mol. The summed E-state index contributed by atoms with van der Waals surface area (Å²) in [6.07, 6.45) is 14.0. The smallest absolute Gasteiger partial charge is 0.357 e. The normalized spacial score (nSPS) is 12.7. The molecule has 0 atom stereocenters. The van der Waals surface area contributed by atoms with Crippen LogP contribution in [0.15, 0.2) is 97.6 Å². The summed E-state index contributed by atoms with van der Waals surface area (Å²) in [5.74, 6) is -1.58. The predicted molar refractivity (Wildman–Crippen MR) is 182 cm³/mol. The quantitative estimate of drug-likeness (QED) is 0.100. The van der Waals surface area contributed by atoms with E-state index in [1.807, 2.05) is 39.1 Å². The molecule has 254 valence electrons. The Kier molecular flexibility index (Phi) is 10.2. The molecule has 5 heterocycles. The van der Waals surface area contributed by atoms with E-state index in [4.69, 9.17) is 9.94 Å². The fourth-order valence-electron chi connectivity index (χ4n) is 5.68. The molecule has 0 radical (unpaired) electrons. The van der Waals surface area contributed by atoms with Gasteiger partial charge in [-0.15, -0.1) is 0 Å². The van der Waals surface area contributed by atoms with Crippen molar-refractivity contribution >= 4 is 45.8 Å². The highest BCUT2D eigenvalue weighted by atomic mass is 19.1. The molecule has 0 aliphatic carbocycles. The second kappa shape index (κ2) is 15.0. The van der Waals surface area contributed by atoms with Crippen LogP contribution in [-0.4, -0.2) is 66.7 Å². The molecule has 11 nitrogen and oxygen atoms in total. The average molecular weight is 679 g/mol. The Morgan fingerprint density at radius 1 is 0.900 bits per heavy atom. The minimum atomic E-state index is -0.533. The number of aromatic nitrogens is 4. The van der Waals surface area contributed by atoms with E-state index in [0.29, 0.717) is 29.3 Å². The molecule has 0 bridgehead atoms. The van der Waals surface area contributed by atoms with Gasteiger partial charge in [0.15, 0.2) is 5.69 Å². The van der Waals surface area contributed by atoms with Gasteiger partial charge in [0, 0.05) is 53.9 Å². The number of rotatable bonds is 8. The van der Waals surface area contributed by atoms with E-state index in [9.17, 15) is 23.6 Å². The van der Waals surface area contributed by atoms with Crippen LogP contribution in [0.5, 0.6) is 0 Å². The van der Waals surface area contributed by atoms with Crippen LogP contribution in [0.25, 0.3) is 34.0 Å². The number of hydroxylamine groups is 3. The predicted octanol–water partition coefficient (Wildman–Crippen LogP) is 6.08. The summed E-state index contributed by atoms with van der Waals surface area (Å²) in [6.45, 7) is 1.48. The van der Waals surface area contributed by atoms with Crippen molar-refractivity contribution in [1.29, 1.82) is 0 Å². The third-order valence-corrected chi connectivity index (χ3v) is 8.14. The maximum absolute atomic E-state index is 13.1. The number of carbonyl (C=O) groups excluding carboxylic acids is 2. The summed E-state index contributed by atoms with van der Waals surface area (Å²) in [5, 5.41) is 20.8. The second-order valence-electron chi connectivity index (χ2n) is 11.3. The first-order valence-electron chi connectivity index (χ1n) is 15.5. The van der Waals surface area contributed by atoms with Crippen LogP contribution in [0.4, 0.5) is 8.78 Å². The third kappa shape index (κ3) is 7.20. The summed E-state index contributed by atoms with van der Waals surface area (Å²) < 4.78 is 34.9. The first kappa shape index (κ1) is 33.9. The molecule has 1 amide bonds. The Labute approximate surface area is 284 Å². The molecule has 6 aromatic rings. The molecular formula is C37H32F2N6O5. The molecule has 0 spiro atoms. The first-order valence-corrected chi connectivity index (χ1v) is 15.5. The second-order valence-corrected chi connectivity index (χ2v) is 11.3. The van der Waals surface area contributed by atoms with Crippen LogP contribution in [0, 0.1) is 11.6 Å². The molecule has 1 aliphatic heterocycles. The lowest BCUT2D eigenvalue weighted by molar-refractivity contribution is -0.0494. The van der Waals surface area contributed by atoms with Crippen molar-refractivity contribution in [3.05, 3.63) is 143 Å². The molecule has 4 aromatic heterocycles. The Bertz CT molecular complexity index is 2230. The fraction of sp³-hybridized carbons (Fsp3) is 0.135. The molecule has 0 fully saturated rings. The number of hydrogen-bond acceptors (Lipinski definition) is 8. The van der Waals surface area contributed by atoms with Crippen LogP contribution in [0.1, 0.15) is 43.2 Å². The first-order chi connectivity index (χ1) is 24.3. The molecule has 3 N–H and O–H groups in total. The SMILES string of the molecule is COC(=O)c1ncc2c(ccn2Cc2ccc(F)cc2)c1/C=C\CNO.O=C1c2ncc3c(ccn3Cc3ccc(F)cc3)c2C=CCN1O. The number of amides is 1. The van der Waals surface area contributed by atoms with E-state index < -0.39 is 11.9 Å². The number of esters is 1. The maximum atomic E-state index is 13.1. The number of nitrogens with zero attached hydrogens (tertiary/aromatic N) is 5. The molecule has 13 heteroatoms. The van der Waals surface area contributed by atoms with Crippen LogP contribution in [0.3, 0.4) is 0 Å². The van der Waals surface area contributed by atoms with Crippen LogP contribution < -0.4 is 5.48 Å². The number of ether oxygens (including phenoxy) is 1. The monoisotopic (exact) mass is 678 g/mol. The van der Waals surface area contributed by atoms with Crippen molar-refractivity contribution in [3.63, 3.8) is 0 Å². The molecule has 0 saturated heterocycles. The van der Waals surface area contributed by atoms with E-state index in [2.05, 4.69) is 9.97 Å². The van der Waals surface area contributed by atoms with Gasteiger partial charge < -0.3 is 19.1 Å². The largest absolute Gasteiger partial charge is 0.464 e. The van der Waals surface area contributed by atoms with Gasteiger partial charge in [0.05, 0.1) is 37.1 Å². The number of benzene rings is 2. The average Bonchev–Trinajstić information content (AvgIpc) is 3.70. The highest BCUT2D eigenvalue weighted by Gasteiger charge is 2.22. The van der Waals surface area contributed by atoms with Crippen LogP contribution in [0.2, 0.25) is 0 Å². The van der Waals surface area contributed by atoms with Gasteiger partial charge in [-0.1, -0.05) is 48.6 Å². The fourth-order valence-corrected chi connectivity index (χ4v) is 5.68. The van der Waals surface area contributed by atoms with Crippen LogP contribution in [-0.2, 0) is 17.8 Å². The lowest BCUT2D eigenvalue weighted by Crippen LogP contribution is -2.27. The number of halogens is 2. The van der Waals surface area contributed by atoms with E-state index >= 15 is 0 Å². The van der Waals surface area contributed by atoms with Crippen molar-refractivity contribution in [2.75, 3.05) is 20.2 Å². The summed E-state index contributed by atoms with van der Waals surface area (Å²) >= 11 is 0. The van der Waals surface area contributed by atoms with E-state index in [1.165, 1.54) is 31.4 Å². The molecule has 0 unspecified atom stereocenters. The zero-order valence-corrected chi connectivity index (χ0v) is 26.8. The number of carbonyl (C=O) groups is 2. The molecule has 2 aromatic carbocycles. The van der Waals surface area contributed by atoms with Gasteiger partial charge in [0.1, 0.15) is 17.3 Å². The zero-order valence-electron chi connectivity index (χ0n) is 26.8. The van der Waals surface area contributed by atoms with Crippen molar-refractivity contribution in [2.45, 2.75) is 13.1 Å². The van der Waals surface area contributed by atoms with Gasteiger partial charge in [0.2, 0.25) is 0 Å². The Hall–Kier alpha value is -6.02. The summed E-state index contributed by atoms with van der Waals surface area (Å²) in [6, 6.07) is 16.5. The number of methoxy groups -OCH3 is 1. The topological polar surface area (TPSA) is 135 Å². The Balaban J connectivity index is 0.000000173. The van der Waals surface area contributed by atoms with Gasteiger partial charge in [-0.05, 0) is 47.5 Å². The number of pyridine rings is 2. The Morgan fingerprint density at radius 3 is 2.08 bits per heavy atom. The number of hydrogen-bond donors (Lipinski definition) is 3. The van der Waals surface area contributed by atoms with Crippen molar-refractivity contribution in [1.82, 2.24) is 29.6 Å².